The molecule has 1 amide bonds. The number of fused-ring (bicyclic) bond motifs is 1. The third-order valence-corrected chi connectivity index (χ3v) is 8.89. The van der Waals surface area contributed by atoms with Gasteiger partial charge in [-0.05, 0) is 59.0 Å². The minimum absolute atomic E-state index is 0.199. The van der Waals surface area contributed by atoms with Crippen molar-refractivity contribution in [2.24, 2.45) is 11.3 Å². The van der Waals surface area contributed by atoms with Gasteiger partial charge in [0.05, 0.1) is 16.1 Å². The van der Waals surface area contributed by atoms with Crippen LogP contribution in [0.3, 0.4) is 0 Å². The molecule has 3 aromatic rings. The standard InChI is InChI=1S/C25H28N4O3S2/c1-5-19(34-23-24(31)32-28-29(23)16-9-7-6-8-10-16)21(30)27-22-18(14-26)17-12-11-15(25(2,3)4)13-20(17)33-22/h6-10,15,19H,5,11-13H2,1-4H3,(H-,27,28,30,31). The van der Waals surface area contributed by atoms with Gasteiger partial charge in [-0.3, -0.25) is 4.79 Å². The number of nitrogens with one attached hydrogen (secondary N) is 1. The van der Waals surface area contributed by atoms with E-state index in [4.69, 9.17) is 4.52 Å². The van der Waals surface area contributed by atoms with Gasteiger partial charge in [0.25, 0.3) is 5.03 Å². The van der Waals surface area contributed by atoms with E-state index >= 15 is 0 Å². The largest absolute Gasteiger partial charge is 0.538 e. The number of nitriles is 1. The minimum atomic E-state index is -0.586. The lowest BCUT2D eigenvalue weighted by Crippen LogP contribution is -2.36. The van der Waals surface area contributed by atoms with Crippen molar-refractivity contribution >= 4 is 34.0 Å². The number of hydrogen-bond acceptors (Lipinski definition) is 7. The van der Waals surface area contributed by atoms with Gasteiger partial charge in [0.2, 0.25) is 11.6 Å². The van der Waals surface area contributed by atoms with Gasteiger partial charge in [0.1, 0.15) is 11.1 Å². The highest BCUT2D eigenvalue weighted by Crippen LogP contribution is 2.44. The predicted molar refractivity (Wildman–Crippen MR) is 130 cm³/mol. The maximum atomic E-state index is 13.2. The number of thioether (sulfide) groups is 1. The maximum absolute atomic E-state index is 13.2. The van der Waals surface area contributed by atoms with Crippen LogP contribution in [0.25, 0.3) is 5.69 Å². The van der Waals surface area contributed by atoms with Crippen LogP contribution in [0.5, 0.6) is 5.95 Å². The number of anilines is 1. The summed E-state index contributed by atoms with van der Waals surface area (Å²) in [5.41, 5.74) is 2.53. The van der Waals surface area contributed by atoms with Crippen molar-refractivity contribution in [3.05, 3.63) is 46.3 Å². The van der Waals surface area contributed by atoms with Crippen molar-refractivity contribution in [2.45, 2.75) is 63.7 Å². The summed E-state index contributed by atoms with van der Waals surface area (Å²) >= 11 is 2.64. The van der Waals surface area contributed by atoms with Crippen LogP contribution in [0.15, 0.2) is 39.9 Å². The number of carbonyl (C=O) groups is 1. The Morgan fingerprint density at radius 3 is 2.79 bits per heavy atom. The Labute approximate surface area is 207 Å². The van der Waals surface area contributed by atoms with E-state index in [1.54, 1.807) is 0 Å². The first-order valence-electron chi connectivity index (χ1n) is 11.4. The van der Waals surface area contributed by atoms with E-state index in [-0.39, 0.29) is 16.3 Å². The van der Waals surface area contributed by atoms with Crippen LogP contribution in [0.2, 0.25) is 0 Å². The van der Waals surface area contributed by atoms with Crippen LogP contribution in [-0.2, 0) is 17.6 Å². The molecule has 0 fully saturated rings. The quantitative estimate of drug-likeness (QED) is 0.394. The Balaban J connectivity index is 1.55. The van der Waals surface area contributed by atoms with Crippen molar-refractivity contribution in [3.8, 4) is 17.7 Å². The fourth-order valence-electron chi connectivity index (χ4n) is 4.25. The second-order valence-electron chi connectivity index (χ2n) is 9.54. The Morgan fingerprint density at radius 2 is 2.15 bits per heavy atom. The van der Waals surface area contributed by atoms with Crippen LogP contribution < -0.4 is 15.1 Å². The number of nitrogens with zero attached hydrogens (tertiary/aromatic N) is 3. The van der Waals surface area contributed by atoms with Gasteiger partial charge in [0.15, 0.2) is 5.95 Å². The monoisotopic (exact) mass is 496 g/mol. The van der Waals surface area contributed by atoms with Gasteiger partial charge in [-0.2, -0.15) is 5.26 Å². The first-order chi connectivity index (χ1) is 16.2. The second-order valence-corrected chi connectivity index (χ2v) is 11.8. The summed E-state index contributed by atoms with van der Waals surface area (Å²) in [5, 5.41) is 29.3. The number of amides is 1. The third kappa shape index (κ3) is 4.84. The second kappa shape index (κ2) is 9.80. The highest BCUT2D eigenvalue weighted by atomic mass is 32.2. The van der Waals surface area contributed by atoms with E-state index in [1.807, 2.05) is 37.3 Å². The Morgan fingerprint density at radius 1 is 1.41 bits per heavy atom. The van der Waals surface area contributed by atoms with Crippen molar-refractivity contribution in [3.63, 3.8) is 0 Å². The molecule has 0 bridgehead atoms. The average Bonchev–Trinajstić information content (AvgIpc) is 3.35. The van der Waals surface area contributed by atoms with Crippen LogP contribution in [-0.4, -0.2) is 16.4 Å². The molecule has 34 heavy (non-hydrogen) atoms. The van der Waals surface area contributed by atoms with Gasteiger partial charge in [-0.1, -0.05) is 45.9 Å². The molecule has 2 unspecified atom stereocenters. The fourth-order valence-corrected chi connectivity index (χ4v) is 6.51. The van der Waals surface area contributed by atoms with E-state index in [9.17, 15) is 15.2 Å². The van der Waals surface area contributed by atoms with Gasteiger partial charge in [-0.15, -0.1) is 11.3 Å². The Hall–Kier alpha value is -2.83. The number of rotatable bonds is 6. The van der Waals surface area contributed by atoms with Gasteiger partial charge >= 0.3 is 0 Å². The summed E-state index contributed by atoms with van der Waals surface area (Å²) in [6.45, 7) is 8.65. The normalized spacial score (nSPS) is 16.5. The minimum Gasteiger partial charge on any atom is -0.538 e. The molecule has 0 spiro atoms. The van der Waals surface area contributed by atoms with E-state index in [2.05, 4.69) is 37.4 Å². The Bertz CT molecular complexity index is 1220. The van der Waals surface area contributed by atoms with Crippen LogP contribution in [0.1, 0.15) is 56.5 Å². The third-order valence-electron chi connectivity index (χ3n) is 6.33. The van der Waals surface area contributed by atoms with E-state index in [0.717, 1.165) is 36.6 Å². The summed E-state index contributed by atoms with van der Waals surface area (Å²) in [6, 6.07) is 11.5. The molecule has 4 rings (SSSR count). The molecule has 7 nitrogen and oxygen atoms in total. The lowest BCUT2D eigenvalue weighted by Gasteiger charge is -2.33. The van der Waals surface area contributed by atoms with Gasteiger partial charge in [0, 0.05) is 17.0 Å². The molecule has 2 heterocycles. The fraction of sp³-hybridized carbons (Fsp3) is 0.440. The lowest BCUT2D eigenvalue weighted by molar-refractivity contribution is -0.705. The molecular formula is C25H28N4O3S2. The zero-order chi connectivity index (χ0) is 24.5. The molecule has 1 aliphatic carbocycles. The smallest absolute Gasteiger partial charge is 0.298 e. The molecule has 178 valence electrons. The SMILES string of the molecule is CCC(Sc1c([O-])on[n+]1-c1ccccc1)C(=O)Nc1sc2c(c1C#N)CCC(C(C)(C)C)C2. The molecule has 0 saturated carbocycles. The molecule has 2 aromatic heterocycles. The molecule has 1 aliphatic rings. The van der Waals surface area contributed by atoms with E-state index in [1.165, 1.54) is 20.9 Å². The first kappa shape index (κ1) is 24.3. The number of aromatic nitrogens is 2. The topological polar surface area (TPSA) is 106 Å². The highest BCUT2D eigenvalue weighted by molar-refractivity contribution is 8.00. The van der Waals surface area contributed by atoms with Crippen LogP contribution >= 0.6 is 23.1 Å². The number of carbonyl (C=O) groups excluding carboxylic acids is 1. The molecule has 2 atom stereocenters. The van der Waals surface area contributed by atoms with E-state index < -0.39 is 11.2 Å². The van der Waals surface area contributed by atoms with Crippen molar-refractivity contribution in [1.82, 2.24) is 5.27 Å². The number of thiophene rings is 1. The molecular weight excluding hydrogens is 468 g/mol. The van der Waals surface area contributed by atoms with Crippen molar-refractivity contribution < 1.29 is 19.1 Å². The summed E-state index contributed by atoms with van der Waals surface area (Å²) < 4.78 is 6.30. The van der Waals surface area contributed by atoms with Crippen LogP contribution in [0.4, 0.5) is 5.00 Å². The zero-order valence-corrected chi connectivity index (χ0v) is 21.4. The predicted octanol–water partition coefficient (Wildman–Crippen LogP) is 4.62. The van der Waals surface area contributed by atoms with Crippen molar-refractivity contribution in [2.75, 3.05) is 5.32 Å². The highest BCUT2D eigenvalue weighted by Gasteiger charge is 2.33. The number of benzene rings is 1. The summed E-state index contributed by atoms with van der Waals surface area (Å²) in [4.78, 5) is 14.4. The number of hydrogen-bond donors (Lipinski definition) is 1. The molecule has 1 N–H and O–H groups in total. The first-order valence-corrected chi connectivity index (χ1v) is 13.1. The van der Waals surface area contributed by atoms with Gasteiger partial charge < -0.3 is 14.9 Å². The Kier molecular flexibility index (Phi) is 7.01. The van der Waals surface area contributed by atoms with Crippen LogP contribution in [0, 0.1) is 22.7 Å². The lowest BCUT2D eigenvalue weighted by atomic mass is 9.72. The summed E-state index contributed by atoms with van der Waals surface area (Å²) in [6.07, 6.45) is 3.32. The molecule has 0 aliphatic heterocycles. The molecule has 0 radical (unpaired) electrons. The van der Waals surface area contributed by atoms with E-state index in [0.29, 0.717) is 28.6 Å². The molecule has 9 heteroatoms. The summed E-state index contributed by atoms with van der Waals surface area (Å²) in [5.74, 6) is -0.280. The average molecular weight is 497 g/mol. The maximum Gasteiger partial charge on any atom is 0.298 e. The molecule has 1 aromatic carbocycles. The molecule has 0 saturated heterocycles. The summed E-state index contributed by atoms with van der Waals surface area (Å²) in [7, 11) is 0. The number of para-hydroxylation sites is 1. The van der Waals surface area contributed by atoms with Gasteiger partial charge in [-0.25, -0.2) is 0 Å². The zero-order valence-electron chi connectivity index (χ0n) is 19.8. The van der Waals surface area contributed by atoms with Crippen molar-refractivity contribution in [1.29, 1.82) is 5.26 Å².